The van der Waals surface area contributed by atoms with E-state index in [1.807, 2.05) is 17.0 Å². The standard InChI is InChI=1S/C45H35F6N9O4.CH2O2/c1-56(16-18-57-24-34-36(40(57)61)38(28-12-8-26(22-52)9-13-28)54-42(63)59(34)32-6-2-4-30(20-32)44(46,47)48)17-19-58-25-35-37(41(58)62)39(29-14-10-27(23-53)11-15-29)55-43(64)60(35)33-7-3-5-31(21-33)45(49,50)51;2-1-3/h2-15,20-21,38-39H,16-19,24-25H2,1H3,(H,54,63)(H,55,64);1H,(H,2,3)/t38-,39-;/m1./s1. The second-order valence-corrected chi connectivity index (χ2v) is 15.6. The number of alkyl halides is 6. The van der Waals surface area contributed by atoms with Gasteiger partial charge in [-0.1, -0.05) is 36.4 Å². The molecule has 344 valence electrons. The molecule has 0 radical (unpaired) electrons. The van der Waals surface area contributed by atoms with E-state index in [2.05, 4.69) is 10.6 Å². The molecule has 3 N–H and O–H groups in total. The van der Waals surface area contributed by atoms with Crippen molar-refractivity contribution in [2.75, 3.05) is 56.1 Å². The zero-order valence-corrected chi connectivity index (χ0v) is 35.1. The van der Waals surface area contributed by atoms with Crippen molar-refractivity contribution in [2.24, 2.45) is 0 Å². The Morgan fingerprint density at radius 2 is 1.01 bits per heavy atom. The molecule has 0 spiro atoms. The molecule has 15 nitrogen and oxygen atoms in total. The maximum Gasteiger partial charge on any atom is 0.416 e. The van der Waals surface area contributed by atoms with Crippen molar-refractivity contribution in [3.63, 3.8) is 0 Å². The molecule has 0 unspecified atom stereocenters. The van der Waals surface area contributed by atoms with Gasteiger partial charge in [0.25, 0.3) is 18.3 Å². The number of hydrogen-bond donors (Lipinski definition) is 3. The summed E-state index contributed by atoms with van der Waals surface area (Å²) >= 11 is 0. The Morgan fingerprint density at radius 3 is 1.34 bits per heavy atom. The molecule has 4 aromatic rings. The van der Waals surface area contributed by atoms with E-state index in [9.17, 15) is 56.0 Å². The first-order valence-electron chi connectivity index (χ1n) is 20.2. The minimum Gasteiger partial charge on any atom is -0.483 e. The fraction of sp³-hybridized carbons (Fsp3) is 0.239. The summed E-state index contributed by atoms with van der Waals surface area (Å²) in [4.78, 5) is 71.1. The zero-order valence-electron chi connectivity index (χ0n) is 35.1. The van der Waals surface area contributed by atoms with Crippen LogP contribution in [0.4, 0.5) is 47.3 Å². The highest BCUT2D eigenvalue weighted by Crippen LogP contribution is 2.42. The summed E-state index contributed by atoms with van der Waals surface area (Å²) in [7, 11) is 1.74. The van der Waals surface area contributed by atoms with Crippen LogP contribution in [0, 0.1) is 22.7 Å². The third-order valence-corrected chi connectivity index (χ3v) is 11.5. The third-order valence-electron chi connectivity index (χ3n) is 11.5. The van der Waals surface area contributed by atoms with Gasteiger partial charge < -0.3 is 30.4 Å². The quantitative estimate of drug-likeness (QED) is 0.117. The highest BCUT2D eigenvalue weighted by molar-refractivity contribution is 6.08. The van der Waals surface area contributed by atoms with Crippen molar-refractivity contribution in [2.45, 2.75) is 24.4 Å². The van der Waals surface area contributed by atoms with Gasteiger partial charge in [0.05, 0.1) is 93.5 Å². The van der Waals surface area contributed by atoms with Crippen LogP contribution in [0.3, 0.4) is 0 Å². The molecule has 21 heteroatoms. The number of carboxylic acid groups (broad SMARTS) is 1. The first-order chi connectivity index (χ1) is 31.9. The van der Waals surface area contributed by atoms with Crippen LogP contribution in [0.15, 0.2) is 120 Å². The molecule has 0 aliphatic carbocycles. The van der Waals surface area contributed by atoms with Crippen molar-refractivity contribution in [3.8, 4) is 12.1 Å². The normalized spacial score (nSPS) is 18.2. The number of carbonyl (C=O) groups excluding carboxylic acids is 4. The third kappa shape index (κ3) is 9.49. The average Bonchev–Trinajstić information content (AvgIpc) is 3.81. The van der Waals surface area contributed by atoms with E-state index >= 15 is 0 Å². The van der Waals surface area contributed by atoms with Gasteiger partial charge in [-0.2, -0.15) is 36.9 Å². The Hall–Kier alpha value is -8.17. The number of nitrogens with one attached hydrogen (secondary N) is 2. The van der Waals surface area contributed by atoms with Gasteiger partial charge in [-0.3, -0.25) is 24.2 Å². The lowest BCUT2D eigenvalue weighted by atomic mass is 9.94. The maximum atomic E-state index is 14.2. The van der Waals surface area contributed by atoms with E-state index in [0.29, 0.717) is 22.3 Å². The number of amides is 6. The molecular weight excluding hydrogens is 889 g/mol. The van der Waals surface area contributed by atoms with Crippen molar-refractivity contribution < 1.29 is 55.4 Å². The summed E-state index contributed by atoms with van der Waals surface area (Å²) in [6, 6.07) is 21.4. The van der Waals surface area contributed by atoms with Gasteiger partial charge in [0.15, 0.2) is 0 Å². The Bertz CT molecular complexity index is 2600. The molecule has 2 atom stereocenters. The summed E-state index contributed by atoms with van der Waals surface area (Å²) in [6.45, 7) is 0.165. The molecule has 4 heterocycles. The average molecular weight is 926 g/mol. The first-order valence-corrected chi connectivity index (χ1v) is 20.2. The minimum absolute atomic E-state index is 0.0955. The molecule has 6 amide bonds. The molecule has 67 heavy (non-hydrogen) atoms. The van der Waals surface area contributed by atoms with Crippen molar-refractivity contribution in [3.05, 3.63) is 153 Å². The second kappa shape index (κ2) is 18.7. The molecule has 4 aliphatic heterocycles. The van der Waals surface area contributed by atoms with Crippen LogP contribution in [-0.4, -0.2) is 96.5 Å². The number of benzene rings is 4. The van der Waals surface area contributed by atoms with Crippen LogP contribution >= 0.6 is 0 Å². The number of anilines is 2. The Labute approximate surface area is 378 Å². The lowest BCUT2D eigenvalue weighted by Crippen LogP contribution is -2.47. The Morgan fingerprint density at radius 1 is 0.657 bits per heavy atom. The number of rotatable bonds is 10. The SMILES string of the molecule is CN(CCN1CC2=C(C1=O)[C@@H](c1ccc(C#N)cc1)NC(=O)N2c1cccc(C(F)(F)F)c1)CCN1CC2=C(C1=O)[C@@H](c1ccc(C#N)cc1)NC(=O)N2c1cccc(C(F)(F)F)c1.O=CO. The minimum atomic E-state index is -4.70. The molecule has 8 rings (SSSR count). The van der Waals surface area contributed by atoms with E-state index < -0.39 is 59.4 Å². The first kappa shape index (κ1) is 46.8. The molecule has 0 aromatic heterocycles. The van der Waals surface area contributed by atoms with Crippen molar-refractivity contribution >= 4 is 41.7 Å². The van der Waals surface area contributed by atoms with Gasteiger partial charge in [-0.05, 0) is 78.8 Å². The summed E-state index contributed by atoms with van der Waals surface area (Å²) in [5, 5.41) is 31.0. The second-order valence-electron chi connectivity index (χ2n) is 15.6. The van der Waals surface area contributed by atoms with Crippen LogP contribution in [0.2, 0.25) is 0 Å². The Kier molecular flexibility index (Phi) is 13.1. The summed E-state index contributed by atoms with van der Waals surface area (Å²) in [6.07, 6.45) is -9.41. The van der Waals surface area contributed by atoms with Gasteiger partial charge in [-0.25, -0.2) is 9.59 Å². The molecule has 4 aromatic carbocycles. The van der Waals surface area contributed by atoms with Crippen LogP contribution in [0.1, 0.15) is 45.5 Å². The van der Waals surface area contributed by atoms with E-state index in [-0.39, 0.29) is 79.7 Å². The lowest BCUT2D eigenvalue weighted by Gasteiger charge is -2.34. The summed E-state index contributed by atoms with van der Waals surface area (Å²) in [5.41, 5.74) is 0.143. The fourth-order valence-corrected chi connectivity index (χ4v) is 8.24. The monoisotopic (exact) mass is 925 g/mol. The van der Waals surface area contributed by atoms with E-state index in [0.717, 1.165) is 34.1 Å². The molecule has 0 saturated carbocycles. The van der Waals surface area contributed by atoms with Gasteiger partial charge in [0, 0.05) is 26.2 Å². The smallest absolute Gasteiger partial charge is 0.416 e. The highest BCUT2D eigenvalue weighted by atomic mass is 19.4. The van der Waals surface area contributed by atoms with Crippen LogP contribution < -0.4 is 20.4 Å². The van der Waals surface area contributed by atoms with E-state index in [4.69, 9.17) is 9.90 Å². The largest absolute Gasteiger partial charge is 0.483 e. The number of nitriles is 2. The number of urea groups is 2. The highest BCUT2D eigenvalue weighted by Gasteiger charge is 2.47. The van der Waals surface area contributed by atoms with Gasteiger partial charge >= 0.3 is 24.4 Å². The maximum absolute atomic E-state index is 14.2. The van der Waals surface area contributed by atoms with Gasteiger partial charge in [0.1, 0.15) is 0 Å². The van der Waals surface area contributed by atoms with Crippen molar-refractivity contribution in [1.82, 2.24) is 25.3 Å². The van der Waals surface area contributed by atoms with Gasteiger partial charge in [-0.15, -0.1) is 0 Å². The predicted molar refractivity (Wildman–Crippen MR) is 226 cm³/mol. The number of likely N-dealkylation sites (N-methyl/N-ethyl adjacent to an activating group) is 1. The van der Waals surface area contributed by atoms with Crippen molar-refractivity contribution in [1.29, 1.82) is 10.5 Å². The lowest BCUT2D eigenvalue weighted by molar-refractivity contribution is -0.138. The fourth-order valence-electron chi connectivity index (χ4n) is 8.24. The van der Waals surface area contributed by atoms with E-state index in [1.54, 1.807) is 31.3 Å². The predicted octanol–water partition coefficient (Wildman–Crippen LogP) is 6.53. The molecule has 0 fully saturated rings. The number of hydrogen-bond acceptors (Lipinski definition) is 8. The summed E-state index contributed by atoms with van der Waals surface area (Å²) in [5.74, 6) is -0.941. The molecule has 0 saturated heterocycles. The molecule has 0 bridgehead atoms. The number of nitrogens with zero attached hydrogens (tertiary/aromatic N) is 7. The topological polar surface area (TPSA) is 193 Å². The van der Waals surface area contributed by atoms with E-state index in [1.165, 1.54) is 58.3 Å². The van der Waals surface area contributed by atoms with Gasteiger partial charge in [0.2, 0.25) is 0 Å². The van der Waals surface area contributed by atoms with Crippen LogP contribution in [0.5, 0.6) is 0 Å². The Balaban J connectivity index is 0.00000216. The zero-order chi connectivity index (χ0) is 48.4. The van der Waals surface area contributed by atoms with Crippen LogP contribution in [0.25, 0.3) is 0 Å². The molecular formula is C46H37F6N9O6. The van der Waals surface area contributed by atoms with Crippen LogP contribution in [-0.2, 0) is 26.7 Å². The summed E-state index contributed by atoms with van der Waals surface area (Å²) < 4.78 is 82.6. The number of halogens is 6. The number of carbonyl (C=O) groups is 5. The molecule has 4 aliphatic rings.